The highest BCUT2D eigenvalue weighted by molar-refractivity contribution is 9.09. The first-order chi connectivity index (χ1) is 9.20. The number of nitrogens with zero attached hydrogens (tertiary/aromatic N) is 1. The van der Waals surface area contributed by atoms with Crippen molar-refractivity contribution >= 4 is 21.8 Å². The predicted octanol–water partition coefficient (Wildman–Crippen LogP) is 3.26. The summed E-state index contributed by atoms with van der Waals surface area (Å²) in [6.45, 7) is 1.92. The summed E-state index contributed by atoms with van der Waals surface area (Å²) in [7, 11) is 0. The van der Waals surface area contributed by atoms with Gasteiger partial charge >= 0.3 is 0 Å². The topological polar surface area (TPSA) is 42.0 Å². The van der Waals surface area contributed by atoms with E-state index in [0.717, 1.165) is 11.1 Å². The molecule has 0 saturated carbocycles. The Balaban J connectivity index is 2.13. The molecule has 1 unspecified atom stereocenters. The number of aromatic nitrogens is 1. The summed E-state index contributed by atoms with van der Waals surface area (Å²) >= 11 is 3.44. The second-order valence-corrected chi connectivity index (χ2v) is 4.99. The van der Waals surface area contributed by atoms with Gasteiger partial charge in [0.25, 0.3) is 5.91 Å². The minimum absolute atomic E-state index is 0.0470. The zero-order valence-corrected chi connectivity index (χ0v) is 12.2. The van der Waals surface area contributed by atoms with E-state index < -0.39 is 0 Å². The summed E-state index contributed by atoms with van der Waals surface area (Å²) in [5.41, 5.74) is 2.64. The molecule has 19 heavy (non-hydrogen) atoms. The van der Waals surface area contributed by atoms with E-state index in [1.807, 2.05) is 43.3 Å². The molecule has 1 aromatic heterocycles. The van der Waals surface area contributed by atoms with Crippen LogP contribution in [0.3, 0.4) is 0 Å². The smallest absolute Gasteiger partial charge is 0.253 e. The molecule has 0 bridgehead atoms. The first-order valence-corrected chi connectivity index (χ1v) is 7.16. The van der Waals surface area contributed by atoms with Crippen LogP contribution in [0.15, 0.2) is 48.8 Å². The minimum atomic E-state index is -0.107. The number of aryl methyl sites for hydroxylation is 1. The molecule has 0 aliphatic rings. The van der Waals surface area contributed by atoms with Crippen molar-refractivity contribution in [3.05, 3.63) is 65.5 Å². The Kier molecular flexibility index (Phi) is 4.68. The number of carbonyl (C=O) groups is 1. The van der Waals surface area contributed by atoms with E-state index in [-0.39, 0.29) is 11.9 Å². The van der Waals surface area contributed by atoms with E-state index >= 15 is 0 Å². The third-order valence-corrected chi connectivity index (χ3v) is 3.45. The summed E-state index contributed by atoms with van der Waals surface area (Å²) in [6, 6.07) is 11.7. The number of benzene rings is 1. The Morgan fingerprint density at radius 3 is 2.68 bits per heavy atom. The average molecular weight is 319 g/mol. The van der Waals surface area contributed by atoms with Gasteiger partial charge in [-0.05, 0) is 24.1 Å². The number of halogens is 1. The van der Waals surface area contributed by atoms with Crippen LogP contribution in [-0.4, -0.2) is 16.2 Å². The van der Waals surface area contributed by atoms with Crippen molar-refractivity contribution in [1.29, 1.82) is 0 Å². The van der Waals surface area contributed by atoms with Crippen LogP contribution >= 0.6 is 15.9 Å². The molecule has 0 aliphatic carbocycles. The lowest BCUT2D eigenvalue weighted by Gasteiger charge is -2.16. The van der Waals surface area contributed by atoms with Crippen LogP contribution in [0, 0.1) is 6.92 Å². The second-order valence-electron chi connectivity index (χ2n) is 4.34. The van der Waals surface area contributed by atoms with Gasteiger partial charge in [0.2, 0.25) is 0 Å². The highest BCUT2D eigenvalue weighted by Gasteiger charge is 2.14. The third-order valence-electron chi connectivity index (χ3n) is 2.80. The summed E-state index contributed by atoms with van der Waals surface area (Å²) in [6.07, 6.45) is 3.31. The van der Waals surface area contributed by atoms with Crippen molar-refractivity contribution in [2.24, 2.45) is 0 Å². The van der Waals surface area contributed by atoms with Crippen molar-refractivity contribution in [2.75, 3.05) is 5.33 Å². The summed E-state index contributed by atoms with van der Waals surface area (Å²) in [5.74, 6) is -0.107. The molecule has 0 fully saturated rings. The number of alkyl halides is 1. The number of nitrogens with one attached hydrogen (secondary N) is 1. The molecule has 3 nitrogen and oxygen atoms in total. The molecule has 1 aromatic carbocycles. The molecular weight excluding hydrogens is 304 g/mol. The predicted molar refractivity (Wildman–Crippen MR) is 79.4 cm³/mol. The van der Waals surface area contributed by atoms with E-state index in [1.54, 1.807) is 12.4 Å². The van der Waals surface area contributed by atoms with Crippen molar-refractivity contribution in [1.82, 2.24) is 10.3 Å². The summed E-state index contributed by atoms with van der Waals surface area (Å²) < 4.78 is 0. The third kappa shape index (κ3) is 3.64. The zero-order chi connectivity index (χ0) is 13.7. The van der Waals surface area contributed by atoms with E-state index in [0.29, 0.717) is 10.9 Å². The maximum absolute atomic E-state index is 12.2. The number of hydrogen-bond acceptors (Lipinski definition) is 2. The monoisotopic (exact) mass is 318 g/mol. The Hall–Kier alpha value is -1.68. The van der Waals surface area contributed by atoms with E-state index in [9.17, 15) is 4.79 Å². The number of rotatable bonds is 4. The van der Waals surface area contributed by atoms with Gasteiger partial charge in [-0.2, -0.15) is 0 Å². The maximum Gasteiger partial charge on any atom is 0.253 e. The first kappa shape index (κ1) is 13.7. The van der Waals surface area contributed by atoms with Gasteiger partial charge in [-0.1, -0.05) is 46.3 Å². The summed E-state index contributed by atoms with van der Waals surface area (Å²) in [4.78, 5) is 16.2. The van der Waals surface area contributed by atoms with Gasteiger partial charge in [0.05, 0.1) is 11.6 Å². The van der Waals surface area contributed by atoms with Crippen molar-refractivity contribution in [3.63, 3.8) is 0 Å². The van der Waals surface area contributed by atoms with Crippen molar-refractivity contribution < 1.29 is 4.79 Å². The summed E-state index contributed by atoms with van der Waals surface area (Å²) in [5, 5.41) is 3.67. The molecule has 1 amide bonds. The maximum atomic E-state index is 12.2. The van der Waals surface area contributed by atoms with Crippen LogP contribution in [0.1, 0.15) is 27.5 Å². The lowest BCUT2D eigenvalue weighted by Crippen LogP contribution is -2.29. The standard InChI is InChI=1S/C15H15BrN2O/c1-11-7-13(10-17-9-11)15(19)18-14(8-16)12-5-3-2-4-6-12/h2-7,9-10,14H,8H2,1H3,(H,18,19). The minimum Gasteiger partial charge on any atom is -0.344 e. The second kappa shape index (κ2) is 6.48. The molecule has 1 N–H and O–H groups in total. The highest BCUT2D eigenvalue weighted by Crippen LogP contribution is 2.15. The molecule has 4 heteroatoms. The van der Waals surface area contributed by atoms with Gasteiger partial charge in [-0.3, -0.25) is 9.78 Å². The molecule has 0 spiro atoms. The van der Waals surface area contributed by atoms with Crippen LogP contribution < -0.4 is 5.32 Å². The van der Waals surface area contributed by atoms with Gasteiger partial charge in [0, 0.05) is 17.7 Å². The molecule has 1 heterocycles. The SMILES string of the molecule is Cc1cncc(C(=O)NC(CBr)c2ccccc2)c1. The number of hydrogen-bond donors (Lipinski definition) is 1. The van der Waals surface area contributed by atoms with Crippen LogP contribution in [0.5, 0.6) is 0 Å². The molecule has 0 radical (unpaired) electrons. The van der Waals surface area contributed by atoms with Crippen molar-refractivity contribution in [3.8, 4) is 0 Å². The van der Waals surface area contributed by atoms with Crippen LogP contribution in [-0.2, 0) is 0 Å². The Morgan fingerprint density at radius 1 is 1.32 bits per heavy atom. The Morgan fingerprint density at radius 2 is 2.05 bits per heavy atom. The van der Waals surface area contributed by atoms with Crippen LogP contribution in [0.25, 0.3) is 0 Å². The zero-order valence-electron chi connectivity index (χ0n) is 10.6. The largest absolute Gasteiger partial charge is 0.344 e. The highest BCUT2D eigenvalue weighted by atomic mass is 79.9. The molecule has 98 valence electrons. The fourth-order valence-electron chi connectivity index (χ4n) is 1.82. The van der Waals surface area contributed by atoms with Crippen molar-refractivity contribution in [2.45, 2.75) is 13.0 Å². The van der Waals surface area contributed by atoms with E-state index in [1.165, 1.54) is 0 Å². The molecule has 0 saturated heterocycles. The van der Waals surface area contributed by atoms with Gasteiger partial charge in [-0.25, -0.2) is 0 Å². The lowest BCUT2D eigenvalue weighted by molar-refractivity contribution is 0.0940. The van der Waals surface area contributed by atoms with E-state index in [4.69, 9.17) is 0 Å². The quantitative estimate of drug-likeness (QED) is 0.879. The van der Waals surface area contributed by atoms with Gasteiger partial charge in [-0.15, -0.1) is 0 Å². The van der Waals surface area contributed by atoms with Crippen LogP contribution in [0.4, 0.5) is 0 Å². The number of carbonyl (C=O) groups excluding carboxylic acids is 1. The van der Waals surface area contributed by atoms with Gasteiger partial charge < -0.3 is 5.32 Å². The molecule has 2 rings (SSSR count). The van der Waals surface area contributed by atoms with Crippen LogP contribution in [0.2, 0.25) is 0 Å². The van der Waals surface area contributed by atoms with Gasteiger partial charge in [0.1, 0.15) is 0 Å². The van der Waals surface area contributed by atoms with E-state index in [2.05, 4.69) is 26.2 Å². The Labute approximate surface area is 121 Å². The number of amides is 1. The molecule has 1 atom stereocenters. The first-order valence-electron chi connectivity index (χ1n) is 6.04. The lowest BCUT2D eigenvalue weighted by atomic mass is 10.1. The number of pyridine rings is 1. The normalized spacial score (nSPS) is 11.9. The molecule has 2 aromatic rings. The molecule has 0 aliphatic heterocycles. The van der Waals surface area contributed by atoms with Gasteiger partial charge in [0.15, 0.2) is 0 Å². The molecular formula is C15H15BrN2O. The fraction of sp³-hybridized carbons (Fsp3) is 0.200. The average Bonchev–Trinajstić information content (AvgIpc) is 2.45. The Bertz CT molecular complexity index is 557. The fourth-order valence-corrected chi connectivity index (χ4v) is 2.35.